The molecule has 0 saturated carbocycles. The highest BCUT2D eigenvalue weighted by Crippen LogP contribution is 2.17. The molecule has 2 heterocycles. The van der Waals surface area contributed by atoms with Crippen LogP contribution in [0.2, 0.25) is 0 Å². The van der Waals surface area contributed by atoms with Crippen LogP contribution in [-0.4, -0.2) is 23.1 Å². The van der Waals surface area contributed by atoms with Gasteiger partial charge in [0, 0.05) is 37.3 Å². The van der Waals surface area contributed by atoms with Gasteiger partial charge in [0.25, 0.3) is 0 Å². The van der Waals surface area contributed by atoms with Crippen LogP contribution in [0.1, 0.15) is 24.4 Å². The van der Waals surface area contributed by atoms with E-state index in [4.69, 9.17) is 0 Å². The van der Waals surface area contributed by atoms with Crippen LogP contribution in [0.3, 0.4) is 0 Å². The minimum Gasteiger partial charge on any atom is -0.346 e. The number of H-pyrrole nitrogens is 1. The van der Waals surface area contributed by atoms with Crippen molar-refractivity contribution in [1.82, 2.24) is 15.3 Å². The zero-order chi connectivity index (χ0) is 7.68. The van der Waals surface area contributed by atoms with Crippen LogP contribution in [-0.2, 0) is 6.42 Å². The molecule has 0 bridgehead atoms. The average Bonchev–Trinajstić information content (AvgIpc) is 2.32. The third-order valence-electron chi connectivity index (χ3n) is 2.20. The van der Waals surface area contributed by atoms with Crippen molar-refractivity contribution in [2.24, 2.45) is 0 Å². The summed E-state index contributed by atoms with van der Waals surface area (Å²) >= 11 is 0. The van der Waals surface area contributed by atoms with Crippen molar-refractivity contribution in [2.75, 3.05) is 13.1 Å². The molecule has 0 atom stereocenters. The Hall–Kier alpha value is -0.830. The molecule has 0 radical (unpaired) electrons. The maximum absolute atomic E-state index is 4.25. The Morgan fingerprint density at radius 3 is 2.91 bits per heavy atom. The molecule has 2 rings (SSSR count). The highest BCUT2D eigenvalue weighted by atomic mass is 15.0. The van der Waals surface area contributed by atoms with Crippen LogP contribution in [0.15, 0.2) is 6.20 Å². The summed E-state index contributed by atoms with van der Waals surface area (Å²) in [5.41, 5.74) is 1.29. The van der Waals surface area contributed by atoms with E-state index < -0.39 is 0 Å². The van der Waals surface area contributed by atoms with Crippen LogP contribution in [0.25, 0.3) is 0 Å². The van der Waals surface area contributed by atoms with Gasteiger partial charge in [0.05, 0.1) is 0 Å². The Bertz CT molecular complexity index is 237. The summed E-state index contributed by atoms with van der Waals surface area (Å²) in [4.78, 5) is 7.57. The second-order valence-corrected chi connectivity index (χ2v) is 2.99. The quantitative estimate of drug-likeness (QED) is 0.652. The number of nitrogens with zero attached hydrogens (tertiary/aromatic N) is 1. The Morgan fingerprint density at radius 2 is 2.45 bits per heavy atom. The number of aromatic nitrogens is 2. The molecule has 3 heteroatoms. The predicted octanol–water partition coefficient (Wildman–Crippen LogP) is 0.659. The summed E-state index contributed by atoms with van der Waals surface area (Å²) in [7, 11) is 0. The third-order valence-corrected chi connectivity index (χ3v) is 2.20. The fraction of sp³-hybridized carbons (Fsp3) is 0.625. The smallest absolute Gasteiger partial charge is 0.105 e. The highest BCUT2D eigenvalue weighted by Gasteiger charge is 2.20. The molecule has 0 amide bonds. The number of nitrogens with one attached hydrogen (secondary N) is 2. The van der Waals surface area contributed by atoms with Crippen LogP contribution < -0.4 is 5.32 Å². The number of imidazole rings is 1. The lowest BCUT2D eigenvalue weighted by Gasteiger charge is -2.25. The molecule has 11 heavy (non-hydrogen) atoms. The predicted molar refractivity (Wildman–Crippen MR) is 43.6 cm³/mol. The first-order valence-electron chi connectivity index (χ1n) is 4.14. The lowest BCUT2D eigenvalue weighted by molar-refractivity contribution is 0.440. The molecule has 1 aromatic rings. The Kier molecular flexibility index (Phi) is 1.66. The van der Waals surface area contributed by atoms with Gasteiger partial charge in [0.15, 0.2) is 0 Å². The Balaban J connectivity index is 2.11. The Labute approximate surface area is 66.2 Å². The summed E-state index contributed by atoms with van der Waals surface area (Å²) in [6.07, 6.45) is 2.96. The molecule has 1 saturated heterocycles. The molecular formula is C8H13N3. The first-order chi connectivity index (χ1) is 5.40. The van der Waals surface area contributed by atoms with Crippen LogP contribution in [0.5, 0.6) is 0 Å². The number of aryl methyl sites for hydroxylation is 1. The van der Waals surface area contributed by atoms with Gasteiger partial charge in [-0.05, 0) is 0 Å². The Morgan fingerprint density at radius 1 is 1.64 bits per heavy atom. The van der Waals surface area contributed by atoms with E-state index in [9.17, 15) is 0 Å². The highest BCUT2D eigenvalue weighted by molar-refractivity contribution is 5.12. The number of rotatable bonds is 2. The molecule has 0 spiro atoms. The molecule has 60 valence electrons. The van der Waals surface area contributed by atoms with Gasteiger partial charge in [0.2, 0.25) is 0 Å². The molecular weight excluding hydrogens is 138 g/mol. The topological polar surface area (TPSA) is 40.7 Å². The van der Waals surface area contributed by atoms with Gasteiger partial charge in [-0.15, -0.1) is 0 Å². The molecule has 0 unspecified atom stereocenters. The van der Waals surface area contributed by atoms with E-state index in [0.29, 0.717) is 5.92 Å². The van der Waals surface area contributed by atoms with Gasteiger partial charge in [-0.2, -0.15) is 0 Å². The minimum absolute atomic E-state index is 0.683. The van der Waals surface area contributed by atoms with Gasteiger partial charge in [0.1, 0.15) is 5.82 Å². The van der Waals surface area contributed by atoms with E-state index in [1.54, 1.807) is 0 Å². The maximum Gasteiger partial charge on any atom is 0.105 e. The van der Waals surface area contributed by atoms with Crippen molar-refractivity contribution in [1.29, 1.82) is 0 Å². The van der Waals surface area contributed by atoms with Gasteiger partial charge >= 0.3 is 0 Å². The van der Waals surface area contributed by atoms with E-state index in [1.165, 1.54) is 5.69 Å². The third kappa shape index (κ3) is 1.16. The van der Waals surface area contributed by atoms with Gasteiger partial charge in [-0.25, -0.2) is 4.98 Å². The first-order valence-corrected chi connectivity index (χ1v) is 4.14. The molecule has 1 aliphatic rings. The van der Waals surface area contributed by atoms with Crippen LogP contribution in [0, 0.1) is 0 Å². The molecule has 2 N–H and O–H groups in total. The van der Waals surface area contributed by atoms with Crippen LogP contribution >= 0.6 is 0 Å². The fourth-order valence-electron chi connectivity index (χ4n) is 1.27. The zero-order valence-corrected chi connectivity index (χ0v) is 6.72. The normalized spacial score (nSPS) is 18.3. The van der Waals surface area contributed by atoms with E-state index in [-0.39, 0.29) is 0 Å². The van der Waals surface area contributed by atoms with E-state index in [1.807, 2.05) is 6.20 Å². The number of hydrogen-bond donors (Lipinski definition) is 2. The maximum atomic E-state index is 4.25. The van der Waals surface area contributed by atoms with Crippen molar-refractivity contribution in [2.45, 2.75) is 19.3 Å². The molecule has 0 aliphatic carbocycles. The molecule has 3 nitrogen and oxygen atoms in total. The van der Waals surface area contributed by atoms with E-state index in [0.717, 1.165) is 25.3 Å². The first kappa shape index (κ1) is 6.85. The lowest BCUT2D eigenvalue weighted by Crippen LogP contribution is -2.40. The second kappa shape index (κ2) is 2.66. The molecule has 1 aliphatic heterocycles. The molecule has 0 aromatic carbocycles. The van der Waals surface area contributed by atoms with Gasteiger partial charge in [-0.1, -0.05) is 6.92 Å². The number of hydrogen-bond acceptors (Lipinski definition) is 2. The number of aromatic amines is 1. The van der Waals surface area contributed by atoms with Crippen LogP contribution in [0.4, 0.5) is 0 Å². The minimum atomic E-state index is 0.683. The summed E-state index contributed by atoms with van der Waals surface area (Å²) in [6, 6.07) is 0. The standard InChI is InChI=1S/C8H13N3/c1-2-8-10-5-7(11-8)6-3-9-4-6/h5-6,9H,2-4H2,1H3,(H,10,11). The average molecular weight is 151 g/mol. The molecule has 1 aromatic heterocycles. The van der Waals surface area contributed by atoms with Crippen molar-refractivity contribution in [3.8, 4) is 0 Å². The van der Waals surface area contributed by atoms with Crippen molar-refractivity contribution < 1.29 is 0 Å². The van der Waals surface area contributed by atoms with Crippen molar-refractivity contribution in [3.05, 3.63) is 17.7 Å². The summed E-state index contributed by atoms with van der Waals surface area (Å²) in [6.45, 7) is 4.32. The van der Waals surface area contributed by atoms with Crippen molar-refractivity contribution in [3.63, 3.8) is 0 Å². The summed E-state index contributed by atoms with van der Waals surface area (Å²) in [5.74, 6) is 1.79. The van der Waals surface area contributed by atoms with Gasteiger partial charge in [-0.3, -0.25) is 0 Å². The molecule has 1 fully saturated rings. The lowest BCUT2D eigenvalue weighted by atomic mass is 10.0. The SMILES string of the molecule is CCc1ncc(C2CNC2)[nH]1. The van der Waals surface area contributed by atoms with E-state index >= 15 is 0 Å². The summed E-state index contributed by atoms with van der Waals surface area (Å²) < 4.78 is 0. The van der Waals surface area contributed by atoms with Crippen molar-refractivity contribution >= 4 is 0 Å². The van der Waals surface area contributed by atoms with Gasteiger partial charge < -0.3 is 10.3 Å². The largest absolute Gasteiger partial charge is 0.346 e. The second-order valence-electron chi connectivity index (χ2n) is 2.99. The zero-order valence-electron chi connectivity index (χ0n) is 6.72. The summed E-state index contributed by atoms with van der Waals surface area (Å²) in [5, 5.41) is 3.24. The fourth-order valence-corrected chi connectivity index (χ4v) is 1.27. The van der Waals surface area contributed by atoms with E-state index in [2.05, 4.69) is 22.2 Å². The monoisotopic (exact) mass is 151 g/mol.